The lowest BCUT2D eigenvalue weighted by atomic mass is 10.1. The molecule has 0 spiro atoms. The molecule has 0 aliphatic heterocycles. The van der Waals surface area contributed by atoms with E-state index in [9.17, 15) is 0 Å². The zero-order valence-corrected chi connectivity index (χ0v) is 8.34. The third-order valence-electron chi connectivity index (χ3n) is 2.21. The maximum Gasteiger partial charge on any atom is 0.0843 e. The van der Waals surface area contributed by atoms with Crippen LogP contribution in [0.3, 0.4) is 0 Å². The van der Waals surface area contributed by atoms with Crippen molar-refractivity contribution in [1.29, 1.82) is 0 Å². The quantitative estimate of drug-likeness (QED) is 0.793. The van der Waals surface area contributed by atoms with Gasteiger partial charge in [0.1, 0.15) is 0 Å². The highest BCUT2D eigenvalue weighted by Gasteiger charge is 2.10. The molecular weight excluding hydrogens is 180 g/mol. The second-order valence-electron chi connectivity index (χ2n) is 3.20. The largest absolute Gasteiger partial charge is 0.330 e. The van der Waals surface area contributed by atoms with Crippen molar-refractivity contribution in [2.45, 2.75) is 12.8 Å². The lowest BCUT2D eigenvalue weighted by Gasteiger charge is -2.04. The first-order valence-corrected chi connectivity index (χ1v) is 5.14. The predicted octanol–water partition coefficient (Wildman–Crippen LogP) is 2.36. The highest BCUT2D eigenvalue weighted by Crippen LogP contribution is 2.28. The fourth-order valence-electron chi connectivity index (χ4n) is 1.37. The zero-order chi connectivity index (χ0) is 9.26. The van der Waals surface area contributed by atoms with E-state index in [0.29, 0.717) is 12.5 Å². The Balaban J connectivity index is 2.57. The van der Waals surface area contributed by atoms with Crippen LogP contribution in [0.15, 0.2) is 24.3 Å². The lowest BCUT2D eigenvalue weighted by Crippen LogP contribution is -2.07. The molecular formula is C10H12N2S. The Kier molecular flexibility index (Phi) is 2.29. The summed E-state index contributed by atoms with van der Waals surface area (Å²) in [6, 6.07) is 8.21. The van der Waals surface area contributed by atoms with E-state index in [1.807, 2.05) is 18.2 Å². The third-order valence-corrected chi connectivity index (χ3v) is 3.32. The van der Waals surface area contributed by atoms with E-state index in [1.54, 1.807) is 11.5 Å². The molecule has 0 bridgehead atoms. The average Bonchev–Trinajstić information content (AvgIpc) is 2.60. The van der Waals surface area contributed by atoms with Crippen LogP contribution >= 0.6 is 11.5 Å². The topological polar surface area (TPSA) is 38.9 Å². The Morgan fingerprint density at radius 3 is 3.00 bits per heavy atom. The minimum atomic E-state index is 0.414. The number of benzene rings is 1. The van der Waals surface area contributed by atoms with E-state index in [4.69, 9.17) is 5.73 Å². The van der Waals surface area contributed by atoms with Crippen molar-refractivity contribution in [3.05, 3.63) is 29.1 Å². The predicted molar refractivity (Wildman–Crippen MR) is 57.1 cm³/mol. The fraction of sp³-hybridized carbons (Fsp3) is 0.300. The van der Waals surface area contributed by atoms with Crippen molar-refractivity contribution in [2.75, 3.05) is 6.54 Å². The summed E-state index contributed by atoms with van der Waals surface area (Å²) in [5, 5.41) is 1.26. The fourth-order valence-corrected chi connectivity index (χ4v) is 2.27. The second-order valence-corrected chi connectivity index (χ2v) is 4.01. The summed E-state index contributed by atoms with van der Waals surface area (Å²) in [5.41, 5.74) is 6.72. The summed E-state index contributed by atoms with van der Waals surface area (Å²) in [6.45, 7) is 2.83. The Bertz CT molecular complexity index is 408. The van der Waals surface area contributed by atoms with Crippen molar-refractivity contribution in [1.82, 2.24) is 4.37 Å². The Labute approximate surface area is 81.5 Å². The molecule has 0 saturated heterocycles. The van der Waals surface area contributed by atoms with Crippen LogP contribution in [-0.4, -0.2) is 10.9 Å². The molecule has 0 aliphatic carbocycles. The number of nitrogens with zero attached hydrogens (tertiary/aromatic N) is 1. The van der Waals surface area contributed by atoms with Gasteiger partial charge in [-0.2, -0.15) is 4.37 Å². The van der Waals surface area contributed by atoms with E-state index in [0.717, 1.165) is 5.52 Å². The summed E-state index contributed by atoms with van der Waals surface area (Å²) in [4.78, 5) is 1.30. The molecule has 13 heavy (non-hydrogen) atoms. The first-order chi connectivity index (χ1) is 6.33. The van der Waals surface area contributed by atoms with E-state index in [1.165, 1.54) is 10.3 Å². The van der Waals surface area contributed by atoms with Crippen LogP contribution < -0.4 is 5.73 Å². The molecule has 0 saturated carbocycles. The maximum atomic E-state index is 5.63. The molecule has 1 aromatic carbocycles. The molecule has 0 amide bonds. The van der Waals surface area contributed by atoms with Gasteiger partial charge in [0, 0.05) is 16.2 Å². The molecule has 1 atom stereocenters. The van der Waals surface area contributed by atoms with Crippen molar-refractivity contribution >= 4 is 22.4 Å². The Morgan fingerprint density at radius 1 is 1.46 bits per heavy atom. The van der Waals surface area contributed by atoms with Gasteiger partial charge >= 0.3 is 0 Å². The second kappa shape index (κ2) is 3.44. The van der Waals surface area contributed by atoms with Crippen molar-refractivity contribution in [3.63, 3.8) is 0 Å². The van der Waals surface area contributed by atoms with E-state index < -0.39 is 0 Å². The number of rotatable bonds is 2. The van der Waals surface area contributed by atoms with Gasteiger partial charge in [0.2, 0.25) is 0 Å². The van der Waals surface area contributed by atoms with Crippen LogP contribution in [0.1, 0.15) is 17.7 Å². The monoisotopic (exact) mass is 192 g/mol. The molecule has 0 radical (unpaired) electrons. The first kappa shape index (κ1) is 8.66. The summed E-state index contributed by atoms with van der Waals surface area (Å²) in [6.07, 6.45) is 0. The van der Waals surface area contributed by atoms with Crippen LogP contribution in [0.2, 0.25) is 0 Å². The highest BCUT2D eigenvalue weighted by molar-refractivity contribution is 7.07. The van der Waals surface area contributed by atoms with Gasteiger partial charge in [-0.1, -0.05) is 25.1 Å². The molecule has 2 nitrogen and oxygen atoms in total. The van der Waals surface area contributed by atoms with Gasteiger partial charge in [-0.25, -0.2) is 0 Å². The number of nitrogens with two attached hydrogens (primary N) is 1. The number of hydrogen-bond acceptors (Lipinski definition) is 3. The van der Waals surface area contributed by atoms with Crippen LogP contribution in [0.5, 0.6) is 0 Å². The van der Waals surface area contributed by atoms with E-state index in [2.05, 4.69) is 17.4 Å². The zero-order valence-electron chi connectivity index (χ0n) is 7.53. The van der Waals surface area contributed by atoms with E-state index >= 15 is 0 Å². The minimum Gasteiger partial charge on any atom is -0.330 e. The number of fused-ring (bicyclic) bond motifs is 1. The first-order valence-electron chi connectivity index (χ1n) is 4.37. The summed E-state index contributed by atoms with van der Waals surface area (Å²) < 4.78 is 4.37. The van der Waals surface area contributed by atoms with Gasteiger partial charge in [-0.3, -0.25) is 0 Å². The average molecular weight is 192 g/mol. The molecule has 68 valence electrons. The normalized spacial score (nSPS) is 13.4. The lowest BCUT2D eigenvalue weighted by molar-refractivity contribution is 0.795. The number of aromatic nitrogens is 1. The van der Waals surface area contributed by atoms with Crippen molar-refractivity contribution in [3.8, 4) is 0 Å². The van der Waals surface area contributed by atoms with Gasteiger partial charge in [-0.15, -0.1) is 0 Å². The SMILES string of the molecule is CC(CN)c1snc2ccccc12. The summed E-state index contributed by atoms with van der Waals surface area (Å²) >= 11 is 1.57. The molecule has 1 aromatic heterocycles. The Hall–Kier alpha value is -0.930. The minimum absolute atomic E-state index is 0.414. The van der Waals surface area contributed by atoms with Crippen LogP contribution in [0.25, 0.3) is 10.9 Å². The van der Waals surface area contributed by atoms with Gasteiger partial charge in [0.05, 0.1) is 5.52 Å². The molecule has 0 fully saturated rings. The van der Waals surface area contributed by atoms with Gasteiger partial charge in [0.25, 0.3) is 0 Å². The van der Waals surface area contributed by atoms with Crippen molar-refractivity contribution in [2.24, 2.45) is 5.73 Å². The summed E-state index contributed by atoms with van der Waals surface area (Å²) in [7, 11) is 0. The molecule has 2 rings (SSSR count). The van der Waals surface area contributed by atoms with Gasteiger partial charge in [0.15, 0.2) is 0 Å². The van der Waals surface area contributed by atoms with Gasteiger partial charge < -0.3 is 5.73 Å². The molecule has 1 heterocycles. The van der Waals surface area contributed by atoms with Crippen molar-refractivity contribution < 1.29 is 0 Å². The van der Waals surface area contributed by atoms with E-state index in [-0.39, 0.29) is 0 Å². The van der Waals surface area contributed by atoms with Gasteiger partial charge in [-0.05, 0) is 24.1 Å². The molecule has 0 aliphatic rings. The standard InChI is InChI=1S/C10H12N2S/c1-7(6-11)10-8-4-2-3-5-9(8)12-13-10/h2-5,7H,6,11H2,1H3. The van der Waals surface area contributed by atoms with Crippen LogP contribution in [0, 0.1) is 0 Å². The Morgan fingerprint density at radius 2 is 2.23 bits per heavy atom. The number of hydrogen-bond donors (Lipinski definition) is 1. The summed E-state index contributed by atoms with van der Waals surface area (Å²) in [5.74, 6) is 0.414. The molecule has 1 unspecified atom stereocenters. The highest BCUT2D eigenvalue weighted by atomic mass is 32.1. The van der Waals surface area contributed by atoms with Crippen LogP contribution in [0.4, 0.5) is 0 Å². The maximum absolute atomic E-state index is 5.63. The third kappa shape index (κ3) is 1.45. The molecule has 3 heteroatoms. The van der Waals surface area contributed by atoms with Crippen LogP contribution in [-0.2, 0) is 0 Å². The molecule has 2 aromatic rings. The molecule has 2 N–H and O–H groups in total. The smallest absolute Gasteiger partial charge is 0.0843 e.